The first-order valence-electron chi connectivity index (χ1n) is 4.32. The maximum Gasteiger partial charge on any atom is 0.142 e. The molecular weight excluding hydrogens is 205 g/mol. The van der Waals surface area contributed by atoms with E-state index in [4.69, 9.17) is 22.1 Å². The first-order valence-corrected chi connectivity index (χ1v) is 4.70. The Bertz CT molecular complexity index is 328. The number of hydrogen-bond acceptors (Lipinski definition) is 2. The van der Waals surface area contributed by atoms with Gasteiger partial charge in [-0.3, -0.25) is 0 Å². The van der Waals surface area contributed by atoms with Crippen molar-refractivity contribution in [2.45, 2.75) is 19.4 Å². The molecule has 0 radical (unpaired) electrons. The van der Waals surface area contributed by atoms with Crippen LogP contribution in [0.15, 0.2) is 12.1 Å². The number of halogens is 2. The summed E-state index contributed by atoms with van der Waals surface area (Å²) in [6.07, 6.45) is 0.500. The van der Waals surface area contributed by atoms with Crippen LogP contribution in [0.4, 0.5) is 4.39 Å². The van der Waals surface area contributed by atoms with Crippen LogP contribution in [0.2, 0.25) is 5.02 Å². The number of hydrogen-bond donors (Lipinski definition) is 1. The third-order valence-electron chi connectivity index (χ3n) is 1.90. The molecule has 0 heterocycles. The van der Waals surface area contributed by atoms with Crippen molar-refractivity contribution >= 4 is 11.6 Å². The molecule has 1 aromatic rings. The Morgan fingerprint density at radius 3 is 2.71 bits per heavy atom. The largest absolute Gasteiger partial charge is 0.496 e. The molecule has 0 aliphatic rings. The number of rotatable bonds is 3. The molecule has 2 N–H and O–H groups in total. The highest BCUT2D eigenvalue weighted by molar-refractivity contribution is 6.31. The van der Waals surface area contributed by atoms with Crippen LogP contribution < -0.4 is 10.5 Å². The van der Waals surface area contributed by atoms with Crippen LogP contribution in [-0.2, 0) is 6.42 Å². The Balaban J connectivity index is 3.14. The fourth-order valence-electron chi connectivity index (χ4n) is 1.28. The monoisotopic (exact) mass is 217 g/mol. The van der Waals surface area contributed by atoms with Crippen molar-refractivity contribution in [3.63, 3.8) is 0 Å². The van der Waals surface area contributed by atoms with Crippen LogP contribution >= 0.6 is 11.6 Å². The van der Waals surface area contributed by atoms with Crippen molar-refractivity contribution in [3.05, 3.63) is 28.5 Å². The molecule has 0 bridgehead atoms. The van der Waals surface area contributed by atoms with Crippen molar-refractivity contribution in [1.82, 2.24) is 0 Å². The molecule has 0 saturated carbocycles. The molecule has 0 saturated heterocycles. The first kappa shape index (κ1) is 11.3. The van der Waals surface area contributed by atoms with Gasteiger partial charge in [0.15, 0.2) is 0 Å². The molecule has 0 amide bonds. The molecule has 14 heavy (non-hydrogen) atoms. The molecule has 0 spiro atoms. The summed E-state index contributed by atoms with van der Waals surface area (Å²) in [5, 5.41) is 0.0988. The SMILES string of the molecule is COc1ccc(F)c(Cl)c1CC(C)N. The van der Waals surface area contributed by atoms with Crippen LogP contribution in [0.1, 0.15) is 12.5 Å². The maximum absolute atomic E-state index is 13.1. The van der Waals surface area contributed by atoms with Gasteiger partial charge in [0.25, 0.3) is 0 Å². The lowest BCUT2D eigenvalue weighted by Gasteiger charge is -2.12. The lowest BCUT2D eigenvalue weighted by atomic mass is 10.1. The molecule has 78 valence electrons. The van der Waals surface area contributed by atoms with Gasteiger partial charge >= 0.3 is 0 Å². The number of nitrogens with two attached hydrogens (primary N) is 1. The van der Waals surface area contributed by atoms with E-state index in [1.807, 2.05) is 6.92 Å². The average molecular weight is 218 g/mol. The Labute approximate surface area is 87.8 Å². The standard InChI is InChI=1S/C10H13ClFNO/c1-6(13)5-7-9(14-2)4-3-8(12)10(7)11/h3-4,6H,5,13H2,1-2H3. The minimum Gasteiger partial charge on any atom is -0.496 e. The summed E-state index contributed by atoms with van der Waals surface area (Å²) < 4.78 is 18.2. The van der Waals surface area contributed by atoms with Crippen LogP contribution in [0, 0.1) is 5.82 Å². The van der Waals surface area contributed by atoms with Crippen LogP contribution in [0.3, 0.4) is 0 Å². The van der Waals surface area contributed by atoms with Crippen molar-refractivity contribution < 1.29 is 9.13 Å². The quantitative estimate of drug-likeness (QED) is 0.844. The van der Waals surface area contributed by atoms with Crippen molar-refractivity contribution in [1.29, 1.82) is 0 Å². The van der Waals surface area contributed by atoms with Gasteiger partial charge in [0.2, 0.25) is 0 Å². The van der Waals surface area contributed by atoms with Gasteiger partial charge in [-0.15, -0.1) is 0 Å². The van der Waals surface area contributed by atoms with E-state index in [0.29, 0.717) is 17.7 Å². The number of benzene rings is 1. The molecule has 4 heteroatoms. The van der Waals surface area contributed by atoms with E-state index in [1.54, 1.807) is 6.07 Å². The topological polar surface area (TPSA) is 35.2 Å². The Hall–Kier alpha value is -0.800. The average Bonchev–Trinajstić information content (AvgIpc) is 2.13. The summed E-state index contributed by atoms with van der Waals surface area (Å²) in [6.45, 7) is 1.83. The van der Waals surface area contributed by atoms with Gasteiger partial charge in [0.1, 0.15) is 11.6 Å². The van der Waals surface area contributed by atoms with Crippen LogP contribution in [0.25, 0.3) is 0 Å². The third-order valence-corrected chi connectivity index (χ3v) is 2.31. The number of ether oxygens (including phenoxy) is 1. The molecule has 1 rings (SSSR count). The van der Waals surface area contributed by atoms with Crippen LogP contribution in [0.5, 0.6) is 5.75 Å². The van der Waals surface area contributed by atoms with Gasteiger partial charge in [-0.05, 0) is 25.5 Å². The summed E-state index contributed by atoms with van der Waals surface area (Å²) in [4.78, 5) is 0. The van der Waals surface area contributed by atoms with Gasteiger partial charge in [0, 0.05) is 11.6 Å². The van der Waals surface area contributed by atoms with E-state index in [0.717, 1.165) is 0 Å². The summed E-state index contributed by atoms with van der Waals surface area (Å²) >= 11 is 5.81. The fraction of sp³-hybridized carbons (Fsp3) is 0.400. The zero-order valence-corrected chi connectivity index (χ0v) is 8.94. The molecular formula is C10H13ClFNO. The van der Waals surface area contributed by atoms with Crippen LogP contribution in [-0.4, -0.2) is 13.2 Å². The highest BCUT2D eigenvalue weighted by atomic mass is 35.5. The van der Waals surface area contributed by atoms with E-state index < -0.39 is 5.82 Å². The second-order valence-electron chi connectivity index (χ2n) is 3.22. The van der Waals surface area contributed by atoms with E-state index in [2.05, 4.69) is 0 Å². The van der Waals surface area contributed by atoms with Gasteiger partial charge in [-0.2, -0.15) is 0 Å². The van der Waals surface area contributed by atoms with Gasteiger partial charge < -0.3 is 10.5 Å². The molecule has 1 aromatic carbocycles. The second kappa shape index (κ2) is 4.62. The summed E-state index contributed by atoms with van der Waals surface area (Å²) in [5.41, 5.74) is 6.26. The minimum atomic E-state index is -0.442. The summed E-state index contributed by atoms with van der Waals surface area (Å²) in [7, 11) is 1.52. The summed E-state index contributed by atoms with van der Waals surface area (Å²) in [5.74, 6) is 0.136. The first-order chi connectivity index (χ1) is 6.56. The predicted molar refractivity (Wildman–Crippen MR) is 55.3 cm³/mol. The van der Waals surface area contributed by atoms with E-state index in [1.165, 1.54) is 13.2 Å². The molecule has 2 nitrogen and oxygen atoms in total. The second-order valence-corrected chi connectivity index (χ2v) is 3.60. The highest BCUT2D eigenvalue weighted by Gasteiger charge is 2.13. The Morgan fingerprint density at radius 2 is 2.21 bits per heavy atom. The number of methoxy groups -OCH3 is 1. The van der Waals surface area contributed by atoms with Crippen molar-refractivity contribution in [2.75, 3.05) is 7.11 Å². The fourth-order valence-corrected chi connectivity index (χ4v) is 1.51. The van der Waals surface area contributed by atoms with E-state index in [9.17, 15) is 4.39 Å². The lowest BCUT2D eigenvalue weighted by Crippen LogP contribution is -2.18. The third kappa shape index (κ3) is 2.36. The smallest absolute Gasteiger partial charge is 0.142 e. The molecule has 1 unspecified atom stereocenters. The maximum atomic E-state index is 13.1. The van der Waals surface area contributed by atoms with Gasteiger partial charge in [-0.25, -0.2) is 4.39 Å². The molecule has 0 aliphatic carbocycles. The molecule has 0 aromatic heterocycles. The molecule has 0 aliphatic heterocycles. The molecule has 0 fully saturated rings. The minimum absolute atomic E-state index is 0.0804. The van der Waals surface area contributed by atoms with E-state index >= 15 is 0 Å². The Kier molecular flexibility index (Phi) is 3.72. The van der Waals surface area contributed by atoms with Gasteiger partial charge in [0.05, 0.1) is 12.1 Å². The Morgan fingerprint density at radius 1 is 1.57 bits per heavy atom. The zero-order chi connectivity index (χ0) is 10.7. The lowest BCUT2D eigenvalue weighted by molar-refractivity contribution is 0.407. The molecule has 1 atom stereocenters. The predicted octanol–water partition coefficient (Wildman–Crippen LogP) is 2.38. The summed E-state index contributed by atoms with van der Waals surface area (Å²) in [6, 6.07) is 2.76. The zero-order valence-electron chi connectivity index (χ0n) is 8.18. The van der Waals surface area contributed by atoms with E-state index in [-0.39, 0.29) is 11.1 Å². The van der Waals surface area contributed by atoms with Crippen molar-refractivity contribution in [2.24, 2.45) is 5.73 Å². The van der Waals surface area contributed by atoms with Crippen molar-refractivity contribution in [3.8, 4) is 5.75 Å². The normalized spacial score (nSPS) is 12.6. The highest BCUT2D eigenvalue weighted by Crippen LogP contribution is 2.29. The van der Waals surface area contributed by atoms with Gasteiger partial charge in [-0.1, -0.05) is 11.6 Å².